The Morgan fingerprint density at radius 3 is 2.69 bits per heavy atom. The number of halogens is 1. The Hall–Kier alpha value is -2.42. The van der Waals surface area contributed by atoms with Crippen LogP contribution in [-0.4, -0.2) is 23.4 Å². The van der Waals surface area contributed by atoms with Crippen molar-refractivity contribution in [2.75, 3.05) is 11.9 Å². The van der Waals surface area contributed by atoms with E-state index >= 15 is 0 Å². The highest BCUT2D eigenvalue weighted by atomic mass is 35.5. The van der Waals surface area contributed by atoms with Gasteiger partial charge in [-0.3, -0.25) is 14.9 Å². The molecule has 1 aromatic carbocycles. The van der Waals surface area contributed by atoms with Crippen molar-refractivity contribution in [3.05, 3.63) is 50.7 Å². The lowest BCUT2D eigenvalue weighted by atomic mass is 10.2. The van der Waals surface area contributed by atoms with E-state index in [1.807, 2.05) is 26.0 Å². The zero-order valence-corrected chi connectivity index (χ0v) is 18.6. The first-order chi connectivity index (χ1) is 13.8. The molecule has 6 nitrogen and oxygen atoms in total. The third kappa shape index (κ3) is 5.79. The van der Waals surface area contributed by atoms with Crippen molar-refractivity contribution in [2.45, 2.75) is 27.3 Å². The van der Waals surface area contributed by atoms with Crippen LogP contribution >= 0.6 is 34.3 Å². The van der Waals surface area contributed by atoms with Crippen molar-refractivity contribution >= 4 is 51.2 Å². The number of carbonyl (C=O) groups is 2. The second kappa shape index (κ2) is 9.39. The van der Waals surface area contributed by atoms with Gasteiger partial charge in [0.2, 0.25) is 5.91 Å². The molecule has 3 rings (SSSR count). The van der Waals surface area contributed by atoms with Crippen LogP contribution in [0, 0.1) is 13.8 Å². The molecule has 3 aromatic rings. The zero-order chi connectivity index (χ0) is 21.0. The van der Waals surface area contributed by atoms with E-state index < -0.39 is 0 Å². The molecule has 0 aliphatic carbocycles. The maximum atomic E-state index is 12.2. The summed E-state index contributed by atoms with van der Waals surface area (Å²) >= 11 is 8.97. The molecule has 152 valence electrons. The van der Waals surface area contributed by atoms with Crippen LogP contribution in [0.1, 0.15) is 22.2 Å². The van der Waals surface area contributed by atoms with Crippen LogP contribution in [0.4, 0.5) is 5.13 Å². The summed E-state index contributed by atoms with van der Waals surface area (Å²) in [6.07, 6.45) is 0. The highest BCUT2D eigenvalue weighted by molar-refractivity contribution is 7.18. The highest BCUT2D eigenvalue weighted by Crippen LogP contribution is 2.34. The van der Waals surface area contributed by atoms with E-state index in [-0.39, 0.29) is 18.4 Å². The number of thiazole rings is 1. The molecule has 0 bridgehead atoms. The average Bonchev–Trinajstić information content (AvgIpc) is 3.27. The van der Waals surface area contributed by atoms with Gasteiger partial charge in [0.05, 0.1) is 17.1 Å². The summed E-state index contributed by atoms with van der Waals surface area (Å²) in [6, 6.07) is 9.19. The van der Waals surface area contributed by atoms with Gasteiger partial charge in [0.25, 0.3) is 5.91 Å². The fraction of sp³-hybridized carbons (Fsp3) is 0.250. The number of thiophene rings is 1. The standard InChI is InChI=1S/C20H20ClN3O3S2/c1-11-8-14(4-6-16(11)21)27-10-18(26)23-20-24-19(12(2)28-20)17-7-5-15(29-17)9-22-13(3)25/h4-8H,9-10H2,1-3H3,(H,22,25)(H,23,24,26). The molecular formula is C20H20ClN3O3S2. The zero-order valence-electron chi connectivity index (χ0n) is 16.2. The van der Waals surface area contributed by atoms with E-state index in [0.29, 0.717) is 22.4 Å². The van der Waals surface area contributed by atoms with Crippen molar-refractivity contribution in [3.8, 4) is 16.3 Å². The van der Waals surface area contributed by atoms with Gasteiger partial charge in [-0.15, -0.1) is 22.7 Å². The fourth-order valence-corrected chi connectivity index (χ4v) is 4.52. The largest absolute Gasteiger partial charge is 0.484 e. The van der Waals surface area contributed by atoms with Gasteiger partial charge in [-0.25, -0.2) is 4.98 Å². The number of carbonyl (C=O) groups excluding carboxylic acids is 2. The first-order valence-electron chi connectivity index (χ1n) is 8.81. The number of rotatable bonds is 7. The van der Waals surface area contributed by atoms with E-state index in [1.54, 1.807) is 29.5 Å². The average molecular weight is 450 g/mol. The molecule has 0 atom stereocenters. The lowest BCUT2D eigenvalue weighted by Crippen LogP contribution is -2.20. The molecule has 2 heterocycles. The lowest BCUT2D eigenvalue weighted by molar-refractivity contribution is -0.119. The van der Waals surface area contributed by atoms with Gasteiger partial charge < -0.3 is 10.1 Å². The quantitative estimate of drug-likeness (QED) is 0.543. The number of benzene rings is 1. The molecule has 29 heavy (non-hydrogen) atoms. The second-order valence-corrected chi connectivity index (χ2v) is 9.13. The van der Waals surface area contributed by atoms with Crippen LogP contribution in [0.3, 0.4) is 0 Å². The molecule has 2 N–H and O–H groups in total. The smallest absolute Gasteiger partial charge is 0.264 e. The Kier molecular flexibility index (Phi) is 6.89. The number of aromatic nitrogens is 1. The summed E-state index contributed by atoms with van der Waals surface area (Å²) in [6.45, 7) is 5.71. The van der Waals surface area contributed by atoms with E-state index in [9.17, 15) is 9.59 Å². The van der Waals surface area contributed by atoms with Crippen molar-refractivity contribution in [1.29, 1.82) is 0 Å². The molecular weight excluding hydrogens is 430 g/mol. The van der Waals surface area contributed by atoms with E-state index in [1.165, 1.54) is 18.3 Å². The molecule has 0 spiro atoms. The van der Waals surface area contributed by atoms with Crippen LogP contribution in [0.2, 0.25) is 5.02 Å². The van der Waals surface area contributed by atoms with Gasteiger partial charge in [0.1, 0.15) is 5.75 Å². The minimum absolute atomic E-state index is 0.0641. The van der Waals surface area contributed by atoms with Crippen molar-refractivity contribution < 1.29 is 14.3 Å². The minimum Gasteiger partial charge on any atom is -0.484 e. The Bertz CT molecular complexity index is 1050. The molecule has 2 amide bonds. The summed E-state index contributed by atoms with van der Waals surface area (Å²) < 4.78 is 5.52. The Labute approximate surface area is 181 Å². The molecule has 0 fully saturated rings. The summed E-state index contributed by atoms with van der Waals surface area (Å²) in [5.74, 6) is 0.240. The number of hydrogen-bond acceptors (Lipinski definition) is 6. The molecule has 0 aliphatic heterocycles. The molecule has 0 saturated carbocycles. The Balaban J connectivity index is 1.60. The Morgan fingerprint density at radius 1 is 1.17 bits per heavy atom. The van der Waals surface area contributed by atoms with Crippen LogP contribution < -0.4 is 15.4 Å². The molecule has 0 unspecified atom stereocenters. The Morgan fingerprint density at radius 2 is 1.97 bits per heavy atom. The van der Waals surface area contributed by atoms with Crippen LogP contribution in [0.15, 0.2) is 30.3 Å². The number of amides is 2. The van der Waals surface area contributed by atoms with Crippen LogP contribution in [-0.2, 0) is 16.1 Å². The number of nitrogens with zero attached hydrogens (tertiary/aromatic N) is 1. The third-order valence-electron chi connectivity index (χ3n) is 3.95. The maximum Gasteiger partial charge on any atom is 0.264 e. The number of nitrogens with one attached hydrogen (secondary N) is 2. The van der Waals surface area contributed by atoms with E-state index in [0.717, 1.165) is 25.9 Å². The molecule has 2 aromatic heterocycles. The predicted octanol–water partition coefficient (Wildman–Crippen LogP) is 4.80. The third-order valence-corrected chi connectivity index (χ3v) is 6.35. The number of anilines is 1. The summed E-state index contributed by atoms with van der Waals surface area (Å²) in [5, 5.41) is 6.74. The molecule has 0 aliphatic rings. The fourth-order valence-electron chi connectivity index (χ4n) is 2.50. The first kappa shape index (κ1) is 21.3. The van der Waals surface area contributed by atoms with Crippen LogP contribution in [0.25, 0.3) is 10.6 Å². The lowest BCUT2D eigenvalue weighted by Gasteiger charge is -2.07. The maximum absolute atomic E-state index is 12.2. The molecule has 9 heteroatoms. The van der Waals surface area contributed by atoms with E-state index in [4.69, 9.17) is 16.3 Å². The SMILES string of the molecule is CC(=O)NCc1ccc(-c2nc(NC(=O)COc3ccc(Cl)c(C)c3)sc2C)s1. The van der Waals surface area contributed by atoms with Gasteiger partial charge >= 0.3 is 0 Å². The minimum atomic E-state index is -0.282. The number of aryl methyl sites for hydroxylation is 2. The monoisotopic (exact) mass is 449 g/mol. The van der Waals surface area contributed by atoms with Gasteiger partial charge in [0, 0.05) is 21.7 Å². The first-order valence-corrected chi connectivity index (χ1v) is 10.8. The van der Waals surface area contributed by atoms with Gasteiger partial charge in [-0.1, -0.05) is 11.6 Å². The van der Waals surface area contributed by atoms with Gasteiger partial charge in [-0.05, 0) is 49.7 Å². The topological polar surface area (TPSA) is 80.3 Å². The summed E-state index contributed by atoms with van der Waals surface area (Å²) in [5.41, 5.74) is 1.72. The van der Waals surface area contributed by atoms with Crippen LogP contribution in [0.5, 0.6) is 5.75 Å². The van der Waals surface area contributed by atoms with Crippen molar-refractivity contribution in [3.63, 3.8) is 0 Å². The normalized spacial score (nSPS) is 10.6. The number of hydrogen-bond donors (Lipinski definition) is 2. The van der Waals surface area contributed by atoms with Gasteiger partial charge in [-0.2, -0.15) is 0 Å². The summed E-state index contributed by atoms with van der Waals surface area (Å²) in [4.78, 5) is 30.9. The summed E-state index contributed by atoms with van der Waals surface area (Å²) in [7, 11) is 0. The second-order valence-electron chi connectivity index (χ2n) is 6.35. The van der Waals surface area contributed by atoms with Crippen molar-refractivity contribution in [1.82, 2.24) is 10.3 Å². The highest BCUT2D eigenvalue weighted by Gasteiger charge is 2.14. The van der Waals surface area contributed by atoms with Crippen molar-refractivity contribution in [2.24, 2.45) is 0 Å². The number of ether oxygens (including phenoxy) is 1. The molecule has 0 radical (unpaired) electrons. The van der Waals surface area contributed by atoms with Gasteiger partial charge in [0.15, 0.2) is 11.7 Å². The van der Waals surface area contributed by atoms with E-state index in [2.05, 4.69) is 15.6 Å². The predicted molar refractivity (Wildman–Crippen MR) is 118 cm³/mol. The molecule has 0 saturated heterocycles.